The van der Waals surface area contributed by atoms with E-state index >= 15 is 0 Å². The van der Waals surface area contributed by atoms with Gasteiger partial charge in [0, 0.05) is 6.20 Å². The summed E-state index contributed by atoms with van der Waals surface area (Å²) in [5.41, 5.74) is 1.37. The molecule has 3 N–H and O–H groups in total. The maximum atomic E-state index is 12.3. The monoisotopic (exact) mass is 356 g/mol. The third-order valence-corrected chi connectivity index (χ3v) is 4.69. The molecule has 2 aromatic heterocycles. The second-order valence-electron chi connectivity index (χ2n) is 4.54. The van der Waals surface area contributed by atoms with Gasteiger partial charge in [-0.1, -0.05) is 11.6 Å². The van der Waals surface area contributed by atoms with Crippen LogP contribution in [-0.2, 0) is 16.6 Å². The number of amides is 1. The highest BCUT2D eigenvalue weighted by Crippen LogP contribution is 2.22. The third-order valence-electron chi connectivity index (χ3n) is 2.86. The van der Waals surface area contributed by atoms with E-state index in [1.807, 2.05) is 0 Å². The van der Waals surface area contributed by atoms with Crippen molar-refractivity contribution in [1.29, 1.82) is 0 Å². The third kappa shape index (κ3) is 4.30. The summed E-state index contributed by atoms with van der Waals surface area (Å²) in [6.07, 6.45) is 1.52. The van der Waals surface area contributed by atoms with Gasteiger partial charge in [-0.2, -0.15) is 0 Å². The Kier molecular flexibility index (Phi) is 5.02. The van der Waals surface area contributed by atoms with E-state index < -0.39 is 16.1 Å². The first kappa shape index (κ1) is 17.0. The minimum atomic E-state index is -3.89. The maximum absolute atomic E-state index is 12.3. The van der Waals surface area contributed by atoms with Crippen molar-refractivity contribution in [1.82, 2.24) is 15.3 Å². The van der Waals surface area contributed by atoms with Gasteiger partial charge in [-0.25, -0.2) is 18.2 Å². The van der Waals surface area contributed by atoms with Crippen LogP contribution in [0.3, 0.4) is 0 Å². The standard InChI is InChI=1S/C13H13ClN4O4S/c1-8-5-9(6-16-10(8)7-17-13(19)20)18-23(21,22)11-3-2-4-15-12(11)14/h2-6,17-18H,7H2,1H3,(H,19,20). The number of anilines is 1. The number of aryl methyl sites for hydroxylation is 1. The number of sulfonamides is 1. The Labute approximate surface area is 137 Å². The summed E-state index contributed by atoms with van der Waals surface area (Å²) in [6.45, 7) is 1.73. The lowest BCUT2D eigenvalue weighted by Crippen LogP contribution is -2.21. The Morgan fingerprint density at radius 2 is 2.13 bits per heavy atom. The fourth-order valence-electron chi connectivity index (χ4n) is 1.79. The quantitative estimate of drug-likeness (QED) is 0.704. The molecule has 0 spiro atoms. The number of carbonyl (C=O) groups is 1. The Hall–Kier alpha value is -2.39. The highest BCUT2D eigenvalue weighted by Gasteiger charge is 2.19. The number of pyridine rings is 2. The number of nitrogens with zero attached hydrogens (tertiary/aromatic N) is 2. The average molecular weight is 357 g/mol. The van der Waals surface area contributed by atoms with E-state index in [1.165, 1.54) is 24.5 Å². The van der Waals surface area contributed by atoms with Crippen molar-refractivity contribution >= 4 is 33.4 Å². The average Bonchev–Trinajstić information content (AvgIpc) is 2.46. The van der Waals surface area contributed by atoms with E-state index in [-0.39, 0.29) is 22.3 Å². The summed E-state index contributed by atoms with van der Waals surface area (Å²) in [4.78, 5) is 18.1. The minimum Gasteiger partial charge on any atom is -0.465 e. The van der Waals surface area contributed by atoms with Gasteiger partial charge in [-0.15, -0.1) is 0 Å². The van der Waals surface area contributed by atoms with Gasteiger partial charge in [0.05, 0.1) is 24.1 Å². The van der Waals surface area contributed by atoms with E-state index in [1.54, 1.807) is 13.0 Å². The number of carboxylic acid groups (broad SMARTS) is 1. The van der Waals surface area contributed by atoms with Gasteiger partial charge in [0.2, 0.25) is 0 Å². The van der Waals surface area contributed by atoms with Crippen LogP contribution in [0.5, 0.6) is 0 Å². The van der Waals surface area contributed by atoms with E-state index in [0.29, 0.717) is 11.3 Å². The highest BCUT2D eigenvalue weighted by atomic mass is 35.5. The van der Waals surface area contributed by atoms with Crippen molar-refractivity contribution in [2.75, 3.05) is 4.72 Å². The zero-order valence-corrected chi connectivity index (χ0v) is 13.5. The van der Waals surface area contributed by atoms with Crippen molar-refractivity contribution in [2.24, 2.45) is 0 Å². The molecule has 0 saturated heterocycles. The molecule has 23 heavy (non-hydrogen) atoms. The first-order valence-corrected chi connectivity index (χ1v) is 8.21. The number of hydrogen-bond donors (Lipinski definition) is 3. The van der Waals surface area contributed by atoms with Gasteiger partial charge >= 0.3 is 6.09 Å². The number of rotatable bonds is 5. The van der Waals surface area contributed by atoms with E-state index in [0.717, 1.165) is 0 Å². The SMILES string of the molecule is Cc1cc(NS(=O)(=O)c2cccnc2Cl)cnc1CNC(=O)O. The molecule has 0 radical (unpaired) electrons. The van der Waals surface area contributed by atoms with Crippen LogP contribution in [0.25, 0.3) is 0 Å². The Balaban J connectivity index is 2.22. The Bertz CT molecular complexity index is 842. The summed E-state index contributed by atoms with van der Waals surface area (Å²) in [6, 6.07) is 4.35. The van der Waals surface area contributed by atoms with Crippen LogP contribution in [0.1, 0.15) is 11.3 Å². The largest absolute Gasteiger partial charge is 0.465 e. The fourth-order valence-corrected chi connectivity index (χ4v) is 3.27. The smallest absolute Gasteiger partial charge is 0.404 e. The topological polar surface area (TPSA) is 121 Å². The molecule has 2 aromatic rings. The summed E-state index contributed by atoms with van der Waals surface area (Å²) >= 11 is 5.79. The van der Waals surface area contributed by atoms with Crippen molar-refractivity contribution < 1.29 is 18.3 Å². The fraction of sp³-hybridized carbons (Fsp3) is 0.154. The van der Waals surface area contributed by atoms with Crippen LogP contribution in [-0.4, -0.2) is 29.6 Å². The molecule has 10 heteroatoms. The summed E-state index contributed by atoms with van der Waals surface area (Å²) < 4.78 is 26.9. The summed E-state index contributed by atoms with van der Waals surface area (Å²) in [5.74, 6) is 0. The molecule has 2 heterocycles. The van der Waals surface area contributed by atoms with E-state index in [4.69, 9.17) is 16.7 Å². The molecular formula is C13H13ClN4O4S. The summed E-state index contributed by atoms with van der Waals surface area (Å²) in [5, 5.41) is 10.6. The van der Waals surface area contributed by atoms with Gasteiger partial charge in [0.25, 0.3) is 10.0 Å². The molecule has 0 aliphatic carbocycles. The second kappa shape index (κ2) is 6.80. The van der Waals surface area contributed by atoms with Crippen molar-refractivity contribution in [3.05, 3.63) is 47.0 Å². The zero-order chi connectivity index (χ0) is 17.0. The zero-order valence-electron chi connectivity index (χ0n) is 11.9. The van der Waals surface area contributed by atoms with Crippen molar-refractivity contribution in [3.8, 4) is 0 Å². The van der Waals surface area contributed by atoms with Crippen LogP contribution in [0, 0.1) is 6.92 Å². The first-order chi connectivity index (χ1) is 10.8. The Morgan fingerprint density at radius 3 is 2.74 bits per heavy atom. The molecule has 122 valence electrons. The maximum Gasteiger partial charge on any atom is 0.404 e. The molecular weight excluding hydrogens is 344 g/mol. The molecule has 0 aliphatic rings. The van der Waals surface area contributed by atoms with Gasteiger partial charge in [-0.3, -0.25) is 9.71 Å². The molecule has 0 fully saturated rings. The molecule has 0 bridgehead atoms. The molecule has 0 atom stereocenters. The number of aromatic nitrogens is 2. The predicted molar refractivity (Wildman–Crippen MR) is 83.9 cm³/mol. The lowest BCUT2D eigenvalue weighted by molar-refractivity contribution is 0.194. The first-order valence-electron chi connectivity index (χ1n) is 6.35. The van der Waals surface area contributed by atoms with Crippen LogP contribution in [0.2, 0.25) is 5.15 Å². The van der Waals surface area contributed by atoms with E-state index in [2.05, 4.69) is 20.0 Å². The second-order valence-corrected chi connectivity index (χ2v) is 6.55. The Morgan fingerprint density at radius 1 is 1.39 bits per heavy atom. The highest BCUT2D eigenvalue weighted by molar-refractivity contribution is 7.92. The normalized spacial score (nSPS) is 11.0. The van der Waals surface area contributed by atoms with Crippen molar-refractivity contribution in [2.45, 2.75) is 18.4 Å². The van der Waals surface area contributed by atoms with Gasteiger partial charge in [-0.05, 0) is 30.7 Å². The number of halogens is 1. The molecule has 0 aliphatic heterocycles. The van der Waals surface area contributed by atoms with Crippen LogP contribution < -0.4 is 10.0 Å². The molecule has 0 aromatic carbocycles. The van der Waals surface area contributed by atoms with Crippen LogP contribution >= 0.6 is 11.6 Å². The van der Waals surface area contributed by atoms with Crippen LogP contribution in [0.4, 0.5) is 10.5 Å². The lowest BCUT2D eigenvalue weighted by Gasteiger charge is -2.11. The molecule has 0 saturated carbocycles. The van der Waals surface area contributed by atoms with Crippen LogP contribution in [0.15, 0.2) is 35.5 Å². The number of hydrogen-bond acceptors (Lipinski definition) is 5. The molecule has 1 amide bonds. The number of nitrogens with one attached hydrogen (secondary N) is 2. The van der Waals surface area contributed by atoms with Gasteiger partial charge in [0.1, 0.15) is 10.0 Å². The molecule has 8 nitrogen and oxygen atoms in total. The van der Waals surface area contributed by atoms with Gasteiger partial charge < -0.3 is 10.4 Å². The minimum absolute atomic E-state index is 0.0304. The predicted octanol–water partition coefficient (Wildman–Crippen LogP) is 2.01. The van der Waals surface area contributed by atoms with Gasteiger partial charge in [0.15, 0.2) is 0 Å². The van der Waals surface area contributed by atoms with E-state index in [9.17, 15) is 13.2 Å². The summed E-state index contributed by atoms with van der Waals surface area (Å²) in [7, 11) is -3.89. The molecule has 2 rings (SSSR count). The lowest BCUT2D eigenvalue weighted by atomic mass is 10.2. The molecule has 0 unspecified atom stereocenters. The van der Waals surface area contributed by atoms with Crippen molar-refractivity contribution in [3.63, 3.8) is 0 Å².